The monoisotopic (exact) mass is 455 g/mol. The number of carbonyl (C=O) groups is 1. The number of alkyl carbamates (subject to hydrolysis) is 1. The average Bonchev–Trinajstić information content (AvgIpc) is 3.16. The van der Waals surface area contributed by atoms with Crippen molar-refractivity contribution in [3.63, 3.8) is 0 Å². The van der Waals surface area contributed by atoms with E-state index in [-0.39, 0.29) is 24.6 Å². The summed E-state index contributed by atoms with van der Waals surface area (Å²) in [6.07, 6.45) is -3.84. The van der Waals surface area contributed by atoms with Crippen molar-refractivity contribution in [2.75, 3.05) is 20.3 Å². The largest absolute Gasteiger partial charge is 0.494 e. The minimum Gasteiger partial charge on any atom is -0.494 e. The lowest BCUT2D eigenvalue weighted by atomic mass is 9.98. The van der Waals surface area contributed by atoms with E-state index in [1.165, 1.54) is 0 Å². The molecule has 4 rings (SSSR count). The number of hydrogen-bond acceptors (Lipinski definition) is 5. The van der Waals surface area contributed by atoms with Gasteiger partial charge in [0.1, 0.15) is 18.8 Å². The smallest absolute Gasteiger partial charge is 0.407 e. The Kier molecular flexibility index (Phi) is 6.57. The molecule has 2 atom stereocenters. The number of hydrogen-bond donors (Lipinski definition) is 3. The van der Waals surface area contributed by atoms with Crippen LogP contribution >= 0.6 is 0 Å². The molecule has 0 fully saturated rings. The fourth-order valence-corrected chi connectivity index (χ4v) is 4.07. The van der Waals surface area contributed by atoms with Crippen molar-refractivity contribution in [1.82, 2.24) is 5.32 Å². The molecule has 0 bridgehead atoms. The summed E-state index contributed by atoms with van der Waals surface area (Å²) in [5.41, 5.74) is 4.24. The molecule has 1 aliphatic rings. The Bertz CT molecular complexity index is 1120. The summed E-state index contributed by atoms with van der Waals surface area (Å²) in [4.78, 5) is 12.2. The van der Waals surface area contributed by atoms with Crippen LogP contribution in [0, 0.1) is 11.6 Å². The Hall–Kier alpha value is -3.49. The third-order valence-electron chi connectivity index (χ3n) is 5.74. The van der Waals surface area contributed by atoms with Crippen LogP contribution in [0.2, 0.25) is 0 Å². The normalized spacial score (nSPS) is 14.2. The summed E-state index contributed by atoms with van der Waals surface area (Å²) in [6.45, 7) is -0.266. The predicted molar refractivity (Wildman–Crippen MR) is 117 cm³/mol. The molecule has 6 nitrogen and oxygen atoms in total. The fraction of sp³-hybridized carbons (Fsp3) is 0.240. The number of methoxy groups -OCH3 is 1. The van der Waals surface area contributed by atoms with Crippen LogP contribution in [0.25, 0.3) is 11.1 Å². The van der Waals surface area contributed by atoms with Gasteiger partial charge in [0.25, 0.3) is 0 Å². The van der Waals surface area contributed by atoms with Gasteiger partial charge in [-0.1, -0.05) is 48.5 Å². The second-order valence-electron chi connectivity index (χ2n) is 7.74. The van der Waals surface area contributed by atoms with Gasteiger partial charge in [-0.05, 0) is 39.9 Å². The molecular weight excluding hydrogens is 432 g/mol. The lowest BCUT2D eigenvalue weighted by Crippen LogP contribution is -2.36. The molecule has 0 radical (unpaired) electrons. The minimum atomic E-state index is -1.58. The third kappa shape index (κ3) is 4.53. The van der Waals surface area contributed by atoms with E-state index in [0.717, 1.165) is 41.5 Å². The maximum absolute atomic E-state index is 13.7. The van der Waals surface area contributed by atoms with Crippen molar-refractivity contribution < 1.29 is 33.3 Å². The van der Waals surface area contributed by atoms with Crippen LogP contribution in [-0.4, -0.2) is 42.7 Å². The lowest BCUT2D eigenvalue weighted by Gasteiger charge is -2.20. The van der Waals surface area contributed by atoms with Crippen molar-refractivity contribution in [3.8, 4) is 16.9 Å². The zero-order valence-electron chi connectivity index (χ0n) is 17.8. The summed E-state index contributed by atoms with van der Waals surface area (Å²) in [5, 5.41) is 22.9. The number of nitrogens with one attached hydrogen (secondary N) is 1. The van der Waals surface area contributed by atoms with Crippen LogP contribution in [0.5, 0.6) is 5.75 Å². The first-order chi connectivity index (χ1) is 15.9. The fourth-order valence-electron chi connectivity index (χ4n) is 4.07. The molecule has 8 heteroatoms. The Morgan fingerprint density at radius 2 is 1.64 bits per heavy atom. The topological polar surface area (TPSA) is 88.0 Å². The van der Waals surface area contributed by atoms with Crippen LogP contribution in [0.15, 0.2) is 60.7 Å². The molecule has 0 saturated heterocycles. The van der Waals surface area contributed by atoms with E-state index >= 15 is 0 Å². The molecule has 3 N–H and O–H groups in total. The van der Waals surface area contributed by atoms with Gasteiger partial charge in [-0.25, -0.2) is 9.18 Å². The first-order valence-corrected chi connectivity index (χ1v) is 10.4. The molecule has 3 aromatic carbocycles. The number of aliphatic hydroxyl groups excluding tert-OH is 2. The zero-order chi connectivity index (χ0) is 23.5. The summed E-state index contributed by atoms with van der Waals surface area (Å²) < 4.78 is 37.4. The molecule has 33 heavy (non-hydrogen) atoms. The van der Waals surface area contributed by atoms with Gasteiger partial charge in [-0.2, -0.15) is 4.39 Å². The highest BCUT2D eigenvalue weighted by molar-refractivity contribution is 5.79. The molecule has 0 aromatic heterocycles. The maximum atomic E-state index is 13.7. The molecule has 172 valence electrons. The van der Waals surface area contributed by atoms with Crippen molar-refractivity contribution in [2.24, 2.45) is 0 Å². The summed E-state index contributed by atoms with van der Waals surface area (Å²) in [7, 11) is 1.16. The van der Waals surface area contributed by atoms with E-state index in [2.05, 4.69) is 5.32 Å². The van der Waals surface area contributed by atoms with Gasteiger partial charge in [0.05, 0.1) is 7.11 Å². The number of aliphatic hydroxyl groups is 2. The first-order valence-electron chi connectivity index (χ1n) is 10.4. The Morgan fingerprint density at radius 3 is 2.24 bits per heavy atom. The van der Waals surface area contributed by atoms with Crippen LogP contribution in [0.3, 0.4) is 0 Å². The first kappa shape index (κ1) is 22.7. The summed E-state index contributed by atoms with van der Waals surface area (Å²) in [6, 6.07) is 17.7. The predicted octanol–water partition coefficient (Wildman–Crippen LogP) is 3.91. The minimum absolute atomic E-state index is 0.0902. The molecule has 3 aromatic rings. The van der Waals surface area contributed by atoms with E-state index in [1.807, 2.05) is 48.5 Å². The second-order valence-corrected chi connectivity index (χ2v) is 7.74. The molecule has 1 aliphatic carbocycles. The second kappa shape index (κ2) is 9.56. The van der Waals surface area contributed by atoms with Gasteiger partial charge in [-0.15, -0.1) is 0 Å². The number of amides is 1. The van der Waals surface area contributed by atoms with E-state index in [4.69, 9.17) is 9.47 Å². The average molecular weight is 455 g/mol. The number of rotatable bonds is 7. The highest BCUT2D eigenvalue weighted by atomic mass is 19.2. The number of carbonyl (C=O) groups excluding carboxylic acids is 1. The molecule has 0 aliphatic heterocycles. The van der Waals surface area contributed by atoms with Crippen molar-refractivity contribution in [1.29, 1.82) is 0 Å². The van der Waals surface area contributed by atoms with Gasteiger partial charge in [-0.3, -0.25) is 0 Å². The van der Waals surface area contributed by atoms with Crippen molar-refractivity contribution in [2.45, 2.75) is 18.1 Å². The molecule has 0 spiro atoms. The Morgan fingerprint density at radius 1 is 1.03 bits per heavy atom. The third-order valence-corrected chi connectivity index (χ3v) is 5.74. The summed E-state index contributed by atoms with van der Waals surface area (Å²) >= 11 is 0. The molecule has 2 unspecified atom stereocenters. The number of fused-ring (bicyclic) bond motifs is 3. The number of halogens is 2. The van der Waals surface area contributed by atoms with Crippen LogP contribution in [0.4, 0.5) is 13.6 Å². The van der Waals surface area contributed by atoms with E-state index in [0.29, 0.717) is 0 Å². The van der Waals surface area contributed by atoms with Crippen LogP contribution in [-0.2, 0) is 4.74 Å². The van der Waals surface area contributed by atoms with E-state index in [1.54, 1.807) is 0 Å². The molecule has 1 amide bonds. The number of ether oxygens (including phenoxy) is 2. The highest BCUT2D eigenvalue weighted by Crippen LogP contribution is 2.44. The zero-order valence-corrected chi connectivity index (χ0v) is 17.8. The SMILES string of the molecule is COc1cc(C(O)C(O)CNC(=O)OCC2c3ccccc3-c3ccccc32)cc(F)c1F. The number of benzene rings is 3. The van der Waals surface area contributed by atoms with Gasteiger partial charge >= 0.3 is 6.09 Å². The lowest BCUT2D eigenvalue weighted by molar-refractivity contribution is 0.0182. The van der Waals surface area contributed by atoms with Gasteiger partial charge in [0.15, 0.2) is 11.6 Å². The van der Waals surface area contributed by atoms with Crippen LogP contribution in [0.1, 0.15) is 28.7 Å². The van der Waals surface area contributed by atoms with E-state index < -0.39 is 35.7 Å². The Balaban J connectivity index is 1.35. The van der Waals surface area contributed by atoms with Gasteiger partial charge in [0.2, 0.25) is 5.82 Å². The summed E-state index contributed by atoms with van der Waals surface area (Å²) in [5.74, 6) is -2.94. The standard InChI is InChI=1S/C25H23F2NO5/c1-32-22-11-14(10-20(26)23(22)27)24(30)21(29)12-28-25(31)33-13-19-17-8-4-2-6-15(17)16-7-3-5-9-18(16)19/h2-11,19,21,24,29-30H,12-13H2,1H3,(H,28,31). The Labute approximate surface area is 189 Å². The van der Waals surface area contributed by atoms with Crippen molar-refractivity contribution >= 4 is 6.09 Å². The quantitative estimate of drug-likeness (QED) is 0.503. The molecule has 0 heterocycles. The molecular formula is C25H23F2NO5. The van der Waals surface area contributed by atoms with Gasteiger partial charge < -0.3 is 25.0 Å². The molecule has 0 saturated carbocycles. The maximum Gasteiger partial charge on any atom is 0.407 e. The van der Waals surface area contributed by atoms with E-state index in [9.17, 15) is 23.8 Å². The highest BCUT2D eigenvalue weighted by Gasteiger charge is 2.29. The van der Waals surface area contributed by atoms with Gasteiger partial charge in [0, 0.05) is 12.5 Å². The van der Waals surface area contributed by atoms with Crippen LogP contribution < -0.4 is 10.1 Å². The van der Waals surface area contributed by atoms with Crippen molar-refractivity contribution in [3.05, 3.63) is 89.0 Å².